The molecule has 7 heavy (non-hydrogen) atoms. The fraction of sp³-hybridized carbons (Fsp3) is 1.00. The molecule has 0 bridgehead atoms. The first-order valence-electron chi connectivity index (χ1n) is 2.40. The van der Waals surface area contributed by atoms with Crippen LogP contribution < -0.4 is 0 Å². The third-order valence-corrected chi connectivity index (χ3v) is 1.31. The number of methoxy groups -OCH3 is 1. The van der Waals surface area contributed by atoms with Crippen molar-refractivity contribution in [1.82, 2.24) is 0 Å². The first-order chi connectivity index (χ1) is 3.27. The summed E-state index contributed by atoms with van der Waals surface area (Å²) in [6, 6.07) is 0. The van der Waals surface area contributed by atoms with Crippen molar-refractivity contribution in [3.63, 3.8) is 0 Å². The number of hydrogen-bond donors (Lipinski definition) is 0. The fourth-order valence-corrected chi connectivity index (χ4v) is 0.507. The highest BCUT2D eigenvalue weighted by Gasteiger charge is 2.32. The zero-order chi connectivity index (χ0) is 5.33. The molecule has 0 atom stereocenters. The van der Waals surface area contributed by atoms with Gasteiger partial charge in [-0.15, -0.1) is 0 Å². The van der Waals surface area contributed by atoms with Gasteiger partial charge in [0, 0.05) is 7.11 Å². The van der Waals surface area contributed by atoms with Crippen LogP contribution in [0.3, 0.4) is 0 Å². The smallest absolute Gasteiger partial charge is 0.111 e. The Kier molecular flexibility index (Phi) is 1.05. The average molecular weight is 102 g/mol. The van der Waals surface area contributed by atoms with Gasteiger partial charge in [0.25, 0.3) is 0 Å². The van der Waals surface area contributed by atoms with E-state index in [1.54, 1.807) is 7.11 Å². The molecule has 0 aromatic heterocycles. The molecule has 0 unspecified atom stereocenters. The van der Waals surface area contributed by atoms with E-state index in [1.165, 1.54) is 0 Å². The maximum Gasteiger partial charge on any atom is 0.111 e. The Balaban J connectivity index is 2.29. The van der Waals surface area contributed by atoms with Crippen molar-refractivity contribution in [2.75, 3.05) is 20.3 Å². The molecule has 1 aliphatic rings. The minimum absolute atomic E-state index is 0.0417. The van der Waals surface area contributed by atoms with Gasteiger partial charge >= 0.3 is 0 Å². The maximum atomic E-state index is 5.05. The van der Waals surface area contributed by atoms with Gasteiger partial charge in [0.2, 0.25) is 0 Å². The van der Waals surface area contributed by atoms with Crippen molar-refractivity contribution in [3.05, 3.63) is 0 Å². The second-order valence-electron chi connectivity index (χ2n) is 2.15. The van der Waals surface area contributed by atoms with Crippen LogP contribution in [0.2, 0.25) is 0 Å². The Labute approximate surface area is 43.4 Å². The zero-order valence-corrected chi connectivity index (χ0v) is 4.73. The number of rotatable bonds is 1. The highest BCUT2D eigenvalue weighted by molar-refractivity contribution is 4.80. The standard InChI is InChI=1S/C5H10O2/c1-5(6-2)3-7-4-5/h3-4H2,1-2H3. The minimum atomic E-state index is 0.0417. The van der Waals surface area contributed by atoms with Crippen LogP contribution in [-0.4, -0.2) is 25.9 Å². The summed E-state index contributed by atoms with van der Waals surface area (Å²) in [6.45, 7) is 3.55. The molecule has 0 spiro atoms. The Morgan fingerprint density at radius 3 is 2.14 bits per heavy atom. The lowest BCUT2D eigenvalue weighted by Gasteiger charge is -2.36. The van der Waals surface area contributed by atoms with Crippen molar-refractivity contribution in [1.29, 1.82) is 0 Å². The van der Waals surface area contributed by atoms with Crippen LogP contribution in [0.4, 0.5) is 0 Å². The number of hydrogen-bond acceptors (Lipinski definition) is 2. The molecule has 0 radical (unpaired) electrons. The summed E-state index contributed by atoms with van der Waals surface area (Å²) >= 11 is 0. The molecule has 0 aromatic carbocycles. The molecule has 42 valence electrons. The van der Waals surface area contributed by atoms with Crippen molar-refractivity contribution in [2.45, 2.75) is 12.5 Å². The summed E-state index contributed by atoms with van der Waals surface area (Å²) in [5, 5.41) is 0. The van der Waals surface area contributed by atoms with Gasteiger partial charge in [0.05, 0.1) is 13.2 Å². The van der Waals surface area contributed by atoms with E-state index in [9.17, 15) is 0 Å². The van der Waals surface area contributed by atoms with E-state index in [0.717, 1.165) is 13.2 Å². The predicted octanol–water partition coefficient (Wildman–Crippen LogP) is 0.422. The van der Waals surface area contributed by atoms with Crippen LogP contribution >= 0.6 is 0 Å². The lowest BCUT2D eigenvalue weighted by Crippen LogP contribution is -2.48. The average Bonchev–Trinajstić information content (AvgIpc) is 1.61. The van der Waals surface area contributed by atoms with Gasteiger partial charge < -0.3 is 9.47 Å². The molecular formula is C5H10O2. The fourth-order valence-electron chi connectivity index (χ4n) is 0.507. The van der Waals surface area contributed by atoms with Crippen LogP contribution in [0.1, 0.15) is 6.92 Å². The van der Waals surface area contributed by atoms with Crippen LogP contribution in [0.25, 0.3) is 0 Å². The zero-order valence-electron chi connectivity index (χ0n) is 4.73. The molecule has 0 amide bonds. The molecule has 0 aliphatic carbocycles. The third kappa shape index (κ3) is 0.763. The molecule has 1 saturated heterocycles. The second-order valence-corrected chi connectivity index (χ2v) is 2.15. The summed E-state index contributed by atoms with van der Waals surface area (Å²) in [5.74, 6) is 0. The molecule has 1 rings (SSSR count). The van der Waals surface area contributed by atoms with Gasteiger partial charge in [0.1, 0.15) is 5.60 Å². The highest BCUT2D eigenvalue weighted by Crippen LogP contribution is 2.18. The Morgan fingerprint density at radius 1 is 1.57 bits per heavy atom. The summed E-state index contributed by atoms with van der Waals surface area (Å²) < 4.78 is 9.95. The maximum absolute atomic E-state index is 5.05. The molecule has 0 aromatic rings. The first kappa shape index (κ1) is 5.06. The molecule has 2 nitrogen and oxygen atoms in total. The minimum Gasteiger partial charge on any atom is -0.375 e. The molecule has 0 N–H and O–H groups in total. The predicted molar refractivity (Wildman–Crippen MR) is 26.2 cm³/mol. The van der Waals surface area contributed by atoms with Crippen molar-refractivity contribution in [3.8, 4) is 0 Å². The Morgan fingerprint density at radius 2 is 2.14 bits per heavy atom. The van der Waals surface area contributed by atoms with Gasteiger partial charge in [-0.05, 0) is 6.92 Å². The van der Waals surface area contributed by atoms with Gasteiger partial charge in [-0.3, -0.25) is 0 Å². The quantitative estimate of drug-likeness (QED) is 0.477. The van der Waals surface area contributed by atoms with E-state index in [-0.39, 0.29) is 5.60 Å². The van der Waals surface area contributed by atoms with Gasteiger partial charge in [-0.2, -0.15) is 0 Å². The van der Waals surface area contributed by atoms with E-state index >= 15 is 0 Å². The largest absolute Gasteiger partial charge is 0.375 e. The van der Waals surface area contributed by atoms with Gasteiger partial charge in [-0.25, -0.2) is 0 Å². The highest BCUT2D eigenvalue weighted by atomic mass is 16.6. The monoisotopic (exact) mass is 102 g/mol. The van der Waals surface area contributed by atoms with E-state index in [1.807, 2.05) is 6.92 Å². The molecule has 1 heterocycles. The van der Waals surface area contributed by atoms with E-state index in [0.29, 0.717) is 0 Å². The van der Waals surface area contributed by atoms with E-state index < -0.39 is 0 Å². The molecular weight excluding hydrogens is 92.1 g/mol. The van der Waals surface area contributed by atoms with Crippen LogP contribution in [0.5, 0.6) is 0 Å². The lowest BCUT2D eigenvalue weighted by atomic mass is 10.1. The van der Waals surface area contributed by atoms with Crippen LogP contribution in [-0.2, 0) is 9.47 Å². The second kappa shape index (κ2) is 1.46. The summed E-state index contributed by atoms with van der Waals surface area (Å²) in [7, 11) is 1.71. The Hall–Kier alpha value is -0.0800. The van der Waals surface area contributed by atoms with E-state index in [2.05, 4.69) is 0 Å². The normalized spacial score (nSPS) is 26.6. The summed E-state index contributed by atoms with van der Waals surface area (Å²) in [6.07, 6.45) is 0. The van der Waals surface area contributed by atoms with Crippen molar-refractivity contribution >= 4 is 0 Å². The molecule has 1 aliphatic heterocycles. The first-order valence-corrected chi connectivity index (χ1v) is 2.40. The van der Waals surface area contributed by atoms with Crippen molar-refractivity contribution < 1.29 is 9.47 Å². The SMILES string of the molecule is COC1(C)COC1. The summed E-state index contributed by atoms with van der Waals surface area (Å²) in [5.41, 5.74) is 0.0417. The Bertz CT molecular complexity index is 61.0. The van der Waals surface area contributed by atoms with Crippen LogP contribution in [0.15, 0.2) is 0 Å². The molecule has 2 heteroatoms. The van der Waals surface area contributed by atoms with Crippen molar-refractivity contribution in [2.24, 2.45) is 0 Å². The molecule has 0 saturated carbocycles. The van der Waals surface area contributed by atoms with Crippen LogP contribution in [0, 0.1) is 0 Å². The topological polar surface area (TPSA) is 18.5 Å². The van der Waals surface area contributed by atoms with E-state index in [4.69, 9.17) is 9.47 Å². The number of ether oxygens (including phenoxy) is 2. The van der Waals surface area contributed by atoms with Gasteiger partial charge in [0.15, 0.2) is 0 Å². The molecule has 1 fully saturated rings. The third-order valence-electron chi connectivity index (χ3n) is 1.31. The summed E-state index contributed by atoms with van der Waals surface area (Å²) in [4.78, 5) is 0. The van der Waals surface area contributed by atoms with Gasteiger partial charge in [-0.1, -0.05) is 0 Å². The lowest BCUT2D eigenvalue weighted by molar-refractivity contribution is -0.184.